The molecule has 2 aliphatic carbocycles. The third-order valence-electron chi connectivity index (χ3n) is 3.01. The molecule has 0 heterocycles. The smallest absolute Gasteiger partial charge is 0.101 e. The van der Waals surface area contributed by atoms with Crippen LogP contribution in [-0.2, 0) is 0 Å². The highest BCUT2D eigenvalue weighted by Crippen LogP contribution is 2.59. The van der Waals surface area contributed by atoms with Gasteiger partial charge in [0.05, 0.1) is 0 Å². The summed E-state index contributed by atoms with van der Waals surface area (Å²) in [6.07, 6.45) is 3.71. The maximum atomic E-state index is 12.4. The first kappa shape index (κ1) is 6.96. The average molecular weight is 160 g/mol. The monoisotopic (exact) mass is 160 g/mol. The van der Waals surface area contributed by atoms with Gasteiger partial charge in [-0.2, -0.15) is 12.6 Å². The van der Waals surface area contributed by atoms with Gasteiger partial charge in [0, 0.05) is 0 Å². The molecule has 2 aliphatic rings. The van der Waals surface area contributed by atoms with E-state index in [4.69, 9.17) is 0 Å². The van der Waals surface area contributed by atoms with E-state index in [2.05, 4.69) is 12.6 Å². The molecular formula is C8H13FS. The van der Waals surface area contributed by atoms with E-state index >= 15 is 0 Å². The van der Waals surface area contributed by atoms with E-state index in [1.165, 1.54) is 12.8 Å². The zero-order valence-corrected chi connectivity index (χ0v) is 6.91. The van der Waals surface area contributed by atoms with Crippen LogP contribution in [0.1, 0.15) is 25.7 Å². The molecule has 0 saturated heterocycles. The van der Waals surface area contributed by atoms with Crippen molar-refractivity contribution in [2.24, 2.45) is 11.3 Å². The lowest BCUT2D eigenvalue weighted by Crippen LogP contribution is -2.48. The molecule has 0 aromatic carbocycles. The predicted molar refractivity (Wildman–Crippen MR) is 43.1 cm³/mol. The minimum Gasteiger partial charge on any atom is -0.247 e. The van der Waals surface area contributed by atoms with Crippen LogP contribution >= 0.6 is 12.6 Å². The zero-order chi connectivity index (χ0) is 7.19. The molecule has 0 aromatic rings. The average Bonchev–Trinajstić information content (AvgIpc) is 1.74. The van der Waals surface area contributed by atoms with Crippen LogP contribution in [0.25, 0.3) is 0 Å². The molecule has 0 nitrogen and oxygen atoms in total. The van der Waals surface area contributed by atoms with Crippen LogP contribution in [0, 0.1) is 11.3 Å². The molecule has 0 radical (unpaired) electrons. The van der Waals surface area contributed by atoms with Gasteiger partial charge in [0.15, 0.2) is 0 Å². The van der Waals surface area contributed by atoms with E-state index < -0.39 is 6.17 Å². The van der Waals surface area contributed by atoms with Crippen molar-refractivity contribution in [3.05, 3.63) is 0 Å². The minimum absolute atomic E-state index is 0.465. The summed E-state index contributed by atoms with van der Waals surface area (Å²) in [7, 11) is 0. The molecule has 0 unspecified atom stereocenters. The van der Waals surface area contributed by atoms with E-state index in [0.717, 1.165) is 24.5 Å². The van der Waals surface area contributed by atoms with Crippen LogP contribution in [0.5, 0.6) is 0 Å². The summed E-state index contributed by atoms with van der Waals surface area (Å²) in [5.41, 5.74) is 0.465. The molecule has 0 aromatic heterocycles. The molecule has 2 rings (SSSR count). The van der Waals surface area contributed by atoms with Crippen LogP contribution in [-0.4, -0.2) is 11.9 Å². The summed E-state index contributed by atoms with van der Waals surface area (Å²) in [5, 5.41) is 0. The lowest BCUT2D eigenvalue weighted by Gasteiger charge is -2.55. The molecule has 0 bridgehead atoms. The van der Waals surface area contributed by atoms with E-state index in [0.29, 0.717) is 5.41 Å². The van der Waals surface area contributed by atoms with Gasteiger partial charge in [-0.25, -0.2) is 4.39 Å². The van der Waals surface area contributed by atoms with Crippen LogP contribution in [0.3, 0.4) is 0 Å². The molecule has 1 spiro atoms. The Morgan fingerprint density at radius 3 is 2.30 bits per heavy atom. The summed E-state index contributed by atoms with van der Waals surface area (Å²) in [6.45, 7) is 0. The second-order valence-electron chi connectivity index (χ2n) is 3.96. The topological polar surface area (TPSA) is 0 Å². The van der Waals surface area contributed by atoms with Crippen molar-refractivity contribution in [3.63, 3.8) is 0 Å². The standard InChI is InChI=1S/C8H13FS/c9-7-3-8(4-7)1-6(2-8)5-10/h6-7,10H,1-5H2. The summed E-state index contributed by atoms with van der Waals surface area (Å²) in [5.74, 6) is 1.80. The lowest BCUT2D eigenvalue weighted by molar-refractivity contribution is -0.0715. The van der Waals surface area contributed by atoms with Gasteiger partial charge in [-0.3, -0.25) is 0 Å². The quantitative estimate of drug-likeness (QED) is 0.560. The molecular weight excluding hydrogens is 147 g/mol. The first-order valence-corrected chi connectivity index (χ1v) is 4.62. The Bertz CT molecular complexity index is 132. The number of hydrogen-bond acceptors (Lipinski definition) is 1. The van der Waals surface area contributed by atoms with Crippen molar-refractivity contribution in [3.8, 4) is 0 Å². The molecule has 2 fully saturated rings. The van der Waals surface area contributed by atoms with Crippen molar-refractivity contribution < 1.29 is 4.39 Å². The zero-order valence-electron chi connectivity index (χ0n) is 6.02. The first-order valence-electron chi connectivity index (χ1n) is 3.99. The van der Waals surface area contributed by atoms with Crippen molar-refractivity contribution >= 4 is 12.6 Å². The second-order valence-corrected chi connectivity index (χ2v) is 4.33. The van der Waals surface area contributed by atoms with Crippen molar-refractivity contribution in [1.29, 1.82) is 0 Å². The van der Waals surface area contributed by atoms with Crippen LogP contribution in [0.2, 0.25) is 0 Å². The van der Waals surface area contributed by atoms with Gasteiger partial charge in [0.1, 0.15) is 6.17 Å². The summed E-state index contributed by atoms with van der Waals surface area (Å²) >= 11 is 4.22. The Morgan fingerprint density at radius 2 is 1.90 bits per heavy atom. The highest BCUT2D eigenvalue weighted by atomic mass is 32.1. The highest BCUT2D eigenvalue weighted by molar-refractivity contribution is 7.80. The third-order valence-corrected chi connectivity index (χ3v) is 3.53. The minimum atomic E-state index is -0.471. The van der Waals surface area contributed by atoms with Crippen LogP contribution in [0.15, 0.2) is 0 Å². The number of rotatable bonds is 1. The molecule has 0 aliphatic heterocycles. The molecule has 10 heavy (non-hydrogen) atoms. The van der Waals surface area contributed by atoms with Crippen molar-refractivity contribution in [2.75, 3.05) is 5.75 Å². The van der Waals surface area contributed by atoms with Gasteiger partial charge in [0.2, 0.25) is 0 Å². The third kappa shape index (κ3) is 0.884. The van der Waals surface area contributed by atoms with E-state index in [1.807, 2.05) is 0 Å². The van der Waals surface area contributed by atoms with Crippen molar-refractivity contribution in [2.45, 2.75) is 31.9 Å². The molecule has 0 atom stereocenters. The first-order chi connectivity index (χ1) is 4.74. The maximum absolute atomic E-state index is 12.4. The van der Waals surface area contributed by atoms with Gasteiger partial charge in [-0.1, -0.05) is 0 Å². The van der Waals surface area contributed by atoms with Crippen LogP contribution in [0.4, 0.5) is 4.39 Å². The van der Waals surface area contributed by atoms with Gasteiger partial charge in [-0.15, -0.1) is 0 Å². The Morgan fingerprint density at radius 1 is 1.30 bits per heavy atom. The second kappa shape index (κ2) is 2.13. The maximum Gasteiger partial charge on any atom is 0.101 e. The van der Waals surface area contributed by atoms with Crippen molar-refractivity contribution in [1.82, 2.24) is 0 Å². The fourth-order valence-electron chi connectivity index (χ4n) is 2.51. The Hall–Kier alpha value is 0.280. The number of thiol groups is 1. The van der Waals surface area contributed by atoms with Gasteiger partial charge in [-0.05, 0) is 42.8 Å². The van der Waals surface area contributed by atoms with E-state index in [1.54, 1.807) is 0 Å². The van der Waals surface area contributed by atoms with E-state index in [9.17, 15) is 4.39 Å². The number of halogens is 1. The summed E-state index contributed by atoms with van der Waals surface area (Å²) < 4.78 is 12.4. The van der Waals surface area contributed by atoms with E-state index in [-0.39, 0.29) is 0 Å². The molecule has 58 valence electrons. The summed E-state index contributed by atoms with van der Waals surface area (Å²) in [6, 6.07) is 0. The predicted octanol–water partition coefficient (Wildman–Crippen LogP) is 2.44. The molecule has 2 heteroatoms. The van der Waals surface area contributed by atoms with Gasteiger partial charge in [0.25, 0.3) is 0 Å². The largest absolute Gasteiger partial charge is 0.247 e. The fraction of sp³-hybridized carbons (Fsp3) is 1.00. The summed E-state index contributed by atoms with van der Waals surface area (Å²) in [4.78, 5) is 0. The van der Waals surface area contributed by atoms with Crippen LogP contribution < -0.4 is 0 Å². The highest BCUT2D eigenvalue weighted by Gasteiger charge is 2.52. The Kier molecular flexibility index (Phi) is 1.48. The normalized spacial score (nSPS) is 52.2. The lowest BCUT2D eigenvalue weighted by atomic mass is 9.51. The number of hydrogen-bond donors (Lipinski definition) is 1. The SMILES string of the molecule is FC1CC2(C1)CC(CS)C2. The molecule has 2 saturated carbocycles. The fourth-order valence-corrected chi connectivity index (χ4v) is 2.77. The van der Waals surface area contributed by atoms with Gasteiger partial charge < -0.3 is 0 Å². The number of alkyl halides is 1. The van der Waals surface area contributed by atoms with Gasteiger partial charge >= 0.3 is 0 Å². The molecule has 0 N–H and O–H groups in total. The molecule has 0 amide bonds. The Labute approximate surface area is 66.6 Å². The Balaban J connectivity index is 1.80.